The van der Waals surface area contributed by atoms with Crippen molar-refractivity contribution in [1.82, 2.24) is 0 Å². The molecule has 27 heavy (non-hydrogen) atoms. The Morgan fingerprint density at radius 2 is 1.74 bits per heavy atom. The third-order valence-corrected chi connectivity index (χ3v) is 4.05. The van der Waals surface area contributed by atoms with Gasteiger partial charge in [0.2, 0.25) is 0 Å². The van der Waals surface area contributed by atoms with E-state index in [0.717, 1.165) is 12.1 Å². The summed E-state index contributed by atoms with van der Waals surface area (Å²) in [5.74, 6) is -6.00. The molecule has 0 atom stereocenters. The van der Waals surface area contributed by atoms with Crippen molar-refractivity contribution in [2.75, 3.05) is 0 Å². The zero-order chi connectivity index (χ0) is 19.6. The topological polar surface area (TPSA) is 26.3 Å². The van der Waals surface area contributed by atoms with E-state index in [1.165, 1.54) is 24.3 Å². The predicted octanol–water partition coefficient (Wildman–Crippen LogP) is 5.73. The van der Waals surface area contributed by atoms with Crippen LogP contribution in [0.2, 0.25) is 0 Å². The first-order valence-electron chi connectivity index (χ1n) is 8.09. The Morgan fingerprint density at radius 3 is 2.44 bits per heavy atom. The lowest BCUT2D eigenvalue weighted by molar-refractivity contribution is 0.0730. The van der Waals surface area contributed by atoms with E-state index in [-0.39, 0.29) is 22.1 Å². The SMILES string of the molecule is C=CCCc1ccc(C(=O)Oc2ccc3c(F)c(F)c(F)cc3c2)c(F)c1. The highest BCUT2D eigenvalue weighted by Gasteiger charge is 2.17. The third-order valence-electron chi connectivity index (χ3n) is 4.05. The van der Waals surface area contributed by atoms with Crippen LogP contribution in [0.15, 0.2) is 55.1 Å². The lowest BCUT2D eigenvalue weighted by atomic mass is 10.1. The molecule has 3 rings (SSSR count). The van der Waals surface area contributed by atoms with Crippen LogP contribution in [0, 0.1) is 23.3 Å². The van der Waals surface area contributed by atoms with Gasteiger partial charge in [0.05, 0.1) is 5.56 Å². The molecule has 6 heteroatoms. The molecule has 0 saturated carbocycles. The summed E-state index contributed by atoms with van der Waals surface area (Å²) in [5.41, 5.74) is 0.441. The molecule has 3 aromatic carbocycles. The summed E-state index contributed by atoms with van der Waals surface area (Å²) in [6, 6.07) is 8.51. The number of carbonyl (C=O) groups is 1. The summed E-state index contributed by atoms with van der Waals surface area (Å²) in [6.45, 7) is 3.59. The number of hydrogen-bond donors (Lipinski definition) is 0. The smallest absolute Gasteiger partial charge is 0.346 e. The van der Waals surface area contributed by atoms with Gasteiger partial charge in [-0.05, 0) is 60.2 Å². The Morgan fingerprint density at radius 1 is 0.963 bits per heavy atom. The highest BCUT2D eigenvalue weighted by atomic mass is 19.2. The molecule has 0 radical (unpaired) electrons. The quantitative estimate of drug-likeness (QED) is 0.187. The highest BCUT2D eigenvalue weighted by molar-refractivity contribution is 5.92. The molecule has 0 heterocycles. The van der Waals surface area contributed by atoms with Gasteiger partial charge in [-0.1, -0.05) is 12.1 Å². The second-order valence-corrected chi connectivity index (χ2v) is 5.90. The van der Waals surface area contributed by atoms with Gasteiger partial charge in [0, 0.05) is 5.39 Å². The second kappa shape index (κ2) is 7.61. The fourth-order valence-electron chi connectivity index (χ4n) is 2.66. The van der Waals surface area contributed by atoms with Gasteiger partial charge in [-0.25, -0.2) is 22.4 Å². The van der Waals surface area contributed by atoms with Crippen molar-refractivity contribution >= 4 is 16.7 Å². The molecular weight excluding hydrogens is 360 g/mol. The molecule has 0 aliphatic carbocycles. The molecule has 0 aliphatic rings. The molecule has 0 saturated heterocycles. The van der Waals surface area contributed by atoms with Crippen LogP contribution in [0.3, 0.4) is 0 Å². The van der Waals surface area contributed by atoms with Crippen molar-refractivity contribution in [3.63, 3.8) is 0 Å². The van der Waals surface area contributed by atoms with Crippen molar-refractivity contribution in [3.8, 4) is 5.75 Å². The van der Waals surface area contributed by atoms with Gasteiger partial charge in [0.25, 0.3) is 0 Å². The maximum Gasteiger partial charge on any atom is 0.346 e. The summed E-state index contributed by atoms with van der Waals surface area (Å²) in [5, 5.41) is -0.150. The molecule has 0 N–H and O–H groups in total. The van der Waals surface area contributed by atoms with Crippen LogP contribution in [0.1, 0.15) is 22.3 Å². The van der Waals surface area contributed by atoms with Gasteiger partial charge in [-0.2, -0.15) is 0 Å². The minimum Gasteiger partial charge on any atom is -0.423 e. The van der Waals surface area contributed by atoms with Crippen LogP contribution in [0.25, 0.3) is 10.8 Å². The standard InChI is InChI=1S/C21H14F4O2/c1-2-3-4-12-5-7-16(17(22)9-12)21(26)27-14-6-8-15-13(10-14)11-18(23)20(25)19(15)24/h2,5-11H,1,3-4H2. The Bertz CT molecular complexity index is 1040. The normalized spacial score (nSPS) is 10.8. The Hall–Kier alpha value is -3.15. The zero-order valence-corrected chi connectivity index (χ0v) is 14.1. The van der Waals surface area contributed by atoms with Crippen molar-refractivity contribution < 1.29 is 27.1 Å². The van der Waals surface area contributed by atoms with Gasteiger partial charge in [0.1, 0.15) is 11.6 Å². The third kappa shape index (κ3) is 3.84. The number of esters is 1. The molecule has 0 fully saturated rings. The van der Waals surface area contributed by atoms with Crippen molar-refractivity contribution in [2.24, 2.45) is 0 Å². The van der Waals surface area contributed by atoms with Gasteiger partial charge in [-0.15, -0.1) is 6.58 Å². The molecule has 138 valence electrons. The molecular formula is C21H14F4O2. The first-order chi connectivity index (χ1) is 12.9. The average molecular weight is 374 g/mol. The maximum absolute atomic E-state index is 14.2. The van der Waals surface area contributed by atoms with E-state index >= 15 is 0 Å². The lowest BCUT2D eigenvalue weighted by Crippen LogP contribution is -2.11. The minimum absolute atomic E-state index is 0.0111. The maximum atomic E-state index is 14.2. The molecule has 0 unspecified atom stereocenters. The number of allylic oxidation sites excluding steroid dienone is 1. The van der Waals surface area contributed by atoms with Crippen LogP contribution in [-0.4, -0.2) is 5.97 Å². The molecule has 3 aromatic rings. The summed E-state index contributed by atoms with van der Waals surface area (Å²) in [4.78, 5) is 12.2. The Labute approximate surface area is 152 Å². The van der Waals surface area contributed by atoms with Gasteiger partial charge in [0.15, 0.2) is 17.5 Å². The van der Waals surface area contributed by atoms with Crippen LogP contribution < -0.4 is 4.74 Å². The fourth-order valence-corrected chi connectivity index (χ4v) is 2.66. The number of hydrogen-bond acceptors (Lipinski definition) is 2. The van der Waals surface area contributed by atoms with Crippen molar-refractivity contribution in [3.05, 3.63) is 89.5 Å². The molecule has 0 aromatic heterocycles. The highest BCUT2D eigenvalue weighted by Crippen LogP contribution is 2.27. The number of rotatable bonds is 5. The summed E-state index contributed by atoms with van der Waals surface area (Å²) >= 11 is 0. The largest absolute Gasteiger partial charge is 0.423 e. The van der Waals surface area contributed by atoms with Gasteiger partial charge in [-0.3, -0.25) is 0 Å². The van der Waals surface area contributed by atoms with E-state index in [9.17, 15) is 22.4 Å². The molecule has 0 aliphatic heterocycles. The van der Waals surface area contributed by atoms with E-state index in [4.69, 9.17) is 4.74 Å². The number of fused-ring (bicyclic) bond motifs is 1. The van der Waals surface area contributed by atoms with E-state index in [2.05, 4.69) is 6.58 Å². The van der Waals surface area contributed by atoms with Crippen LogP contribution in [0.5, 0.6) is 5.75 Å². The summed E-state index contributed by atoms with van der Waals surface area (Å²) < 4.78 is 59.6. The van der Waals surface area contributed by atoms with Gasteiger partial charge < -0.3 is 4.74 Å². The van der Waals surface area contributed by atoms with E-state index in [1.54, 1.807) is 12.1 Å². The number of ether oxygens (including phenoxy) is 1. The van der Waals surface area contributed by atoms with Crippen LogP contribution in [-0.2, 0) is 6.42 Å². The average Bonchev–Trinajstić information content (AvgIpc) is 2.64. The lowest BCUT2D eigenvalue weighted by Gasteiger charge is -2.08. The van der Waals surface area contributed by atoms with Crippen LogP contribution >= 0.6 is 0 Å². The monoisotopic (exact) mass is 374 g/mol. The number of aryl methyl sites for hydroxylation is 1. The molecule has 2 nitrogen and oxygen atoms in total. The van der Waals surface area contributed by atoms with Gasteiger partial charge >= 0.3 is 5.97 Å². The summed E-state index contributed by atoms with van der Waals surface area (Å²) in [7, 11) is 0. The number of benzene rings is 3. The Balaban J connectivity index is 1.85. The van der Waals surface area contributed by atoms with Crippen molar-refractivity contribution in [1.29, 1.82) is 0 Å². The first-order valence-corrected chi connectivity index (χ1v) is 8.09. The summed E-state index contributed by atoms with van der Waals surface area (Å²) in [6.07, 6.45) is 2.97. The minimum atomic E-state index is -1.58. The molecule has 0 spiro atoms. The van der Waals surface area contributed by atoms with Crippen LogP contribution in [0.4, 0.5) is 17.6 Å². The van der Waals surface area contributed by atoms with Crippen molar-refractivity contribution in [2.45, 2.75) is 12.8 Å². The first kappa shape index (κ1) is 18.6. The zero-order valence-electron chi connectivity index (χ0n) is 14.1. The van der Waals surface area contributed by atoms with E-state index in [1.807, 2.05) is 0 Å². The fraction of sp³-hybridized carbons (Fsp3) is 0.0952. The second-order valence-electron chi connectivity index (χ2n) is 5.90. The number of halogens is 4. The Kier molecular flexibility index (Phi) is 5.26. The molecule has 0 bridgehead atoms. The predicted molar refractivity (Wildman–Crippen MR) is 93.7 cm³/mol. The number of carbonyl (C=O) groups excluding carboxylic acids is 1. The van der Waals surface area contributed by atoms with E-state index < -0.39 is 29.2 Å². The molecule has 0 amide bonds. The van der Waals surface area contributed by atoms with E-state index in [0.29, 0.717) is 18.4 Å².